The van der Waals surface area contributed by atoms with Crippen LogP contribution in [0.25, 0.3) is 0 Å². The molecule has 0 heterocycles. The first-order valence-electron chi connectivity index (χ1n) is 7.57. The van der Waals surface area contributed by atoms with Crippen LogP contribution in [0, 0.1) is 5.82 Å². The Morgan fingerprint density at radius 3 is 2.24 bits per heavy atom. The van der Waals surface area contributed by atoms with Crippen molar-refractivity contribution in [1.82, 2.24) is 4.72 Å². The summed E-state index contributed by atoms with van der Waals surface area (Å²) in [6.07, 6.45) is 0. The molecule has 0 saturated heterocycles. The number of anilines is 1. The number of carbonyl (C=O) groups is 1. The highest BCUT2D eigenvalue weighted by Crippen LogP contribution is 2.15. The first kappa shape index (κ1) is 18.9. The predicted octanol–water partition coefficient (Wildman–Crippen LogP) is 2.53. The molecule has 0 aliphatic rings. The van der Waals surface area contributed by atoms with Crippen molar-refractivity contribution in [3.05, 3.63) is 54.3 Å². The summed E-state index contributed by atoms with van der Waals surface area (Å²) in [5.41, 5.74) is 0.441. The van der Waals surface area contributed by atoms with E-state index in [1.807, 2.05) is 0 Å². The molecular formula is C17H19FN2O4S. The smallest absolute Gasteiger partial charge is 0.262 e. The number of rotatable bonds is 7. The molecule has 0 aromatic heterocycles. The van der Waals surface area contributed by atoms with Crippen molar-refractivity contribution in [2.24, 2.45) is 0 Å². The van der Waals surface area contributed by atoms with Gasteiger partial charge in [0.1, 0.15) is 11.6 Å². The van der Waals surface area contributed by atoms with E-state index in [0.717, 1.165) is 0 Å². The molecule has 134 valence electrons. The Balaban J connectivity index is 1.92. The van der Waals surface area contributed by atoms with Crippen LogP contribution in [0.5, 0.6) is 5.75 Å². The van der Waals surface area contributed by atoms with E-state index < -0.39 is 15.9 Å². The lowest BCUT2D eigenvalue weighted by molar-refractivity contribution is -0.118. The fourth-order valence-electron chi connectivity index (χ4n) is 1.97. The number of nitrogens with one attached hydrogen (secondary N) is 2. The molecule has 8 heteroatoms. The maximum atomic E-state index is 12.8. The van der Waals surface area contributed by atoms with E-state index in [0.29, 0.717) is 11.4 Å². The highest BCUT2D eigenvalue weighted by molar-refractivity contribution is 7.89. The maximum Gasteiger partial charge on any atom is 0.262 e. The first-order valence-corrected chi connectivity index (χ1v) is 9.05. The van der Waals surface area contributed by atoms with E-state index in [2.05, 4.69) is 10.0 Å². The Morgan fingerprint density at radius 1 is 1.08 bits per heavy atom. The van der Waals surface area contributed by atoms with Crippen LogP contribution >= 0.6 is 0 Å². The van der Waals surface area contributed by atoms with Crippen LogP contribution in [0.4, 0.5) is 10.1 Å². The second-order valence-electron chi connectivity index (χ2n) is 5.59. The normalized spacial score (nSPS) is 11.4. The largest absolute Gasteiger partial charge is 0.484 e. The Labute approximate surface area is 146 Å². The molecule has 2 N–H and O–H groups in total. The van der Waals surface area contributed by atoms with Gasteiger partial charge >= 0.3 is 0 Å². The van der Waals surface area contributed by atoms with Crippen LogP contribution in [0.3, 0.4) is 0 Å². The summed E-state index contributed by atoms with van der Waals surface area (Å²) >= 11 is 0. The average Bonchev–Trinajstić information content (AvgIpc) is 2.54. The van der Waals surface area contributed by atoms with E-state index in [1.165, 1.54) is 48.5 Å². The zero-order valence-corrected chi connectivity index (χ0v) is 14.6. The van der Waals surface area contributed by atoms with Crippen molar-refractivity contribution in [2.75, 3.05) is 11.9 Å². The van der Waals surface area contributed by atoms with Crippen molar-refractivity contribution in [1.29, 1.82) is 0 Å². The molecule has 2 aromatic carbocycles. The summed E-state index contributed by atoms with van der Waals surface area (Å²) in [6.45, 7) is 3.21. The van der Waals surface area contributed by atoms with E-state index in [9.17, 15) is 17.6 Å². The molecule has 0 fully saturated rings. The molecule has 0 saturated carbocycles. The van der Waals surface area contributed by atoms with Crippen molar-refractivity contribution in [3.8, 4) is 5.75 Å². The average molecular weight is 366 g/mol. The number of ether oxygens (including phenoxy) is 1. The predicted molar refractivity (Wildman–Crippen MR) is 92.4 cm³/mol. The minimum atomic E-state index is -3.57. The molecule has 0 radical (unpaired) electrons. The summed E-state index contributed by atoms with van der Waals surface area (Å²) < 4.78 is 44.5. The van der Waals surface area contributed by atoms with Gasteiger partial charge in [0.05, 0.1) is 4.90 Å². The van der Waals surface area contributed by atoms with Crippen LogP contribution in [0.1, 0.15) is 13.8 Å². The zero-order chi connectivity index (χ0) is 18.4. The third-order valence-corrected chi connectivity index (χ3v) is 4.70. The minimum absolute atomic E-state index is 0.113. The highest BCUT2D eigenvalue weighted by Gasteiger charge is 2.15. The summed E-state index contributed by atoms with van der Waals surface area (Å²) in [5, 5.41) is 2.59. The fraction of sp³-hybridized carbons (Fsp3) is 0.235. The van der Waals surface area contributed by atoms with E-state index in [4.69, 9.17) is 4.74 Å². The van der Waals surface area contributed by atoms with Gasteiger partial charge in [0, 0.05) is 11.7 Å². The summed E-state index contributed by atoms with van der Waals surface area (Å²) in [6, 6.07) is 10.9. The second-order valence-corrected chi connectivity index (χ2v) is 7.31. The maximum absolute atomic E-state index is 12.8. The third kappa shape index (κ3) is 5.84. The van der Waals surface area contributed by atoms with E-state index in [1.54, 1.807) is 13.8 Å². The van der Waals surface area contributed by atoms with E-state index >= 15 is 0 Å². The molecule has 0 unspecified atom stereocenters. The van der Waals surface area contributed by atoms with Gasteiger partial charge in [-0.05, 0) is 62.4 Å². The first-order chi connectivity index (χ1) is 11.8. The van der Waals surface area contributed by atoms with Crippen LogP contribution in [-0.2, 0) is 14.8 Å². The summed E-state index contributed by atoms with van der Waals surface area (Å²) in [5.74, 6) is -0.434. The lowest BCUT2D eigenvalue weighted by Gasteiger charge is -2.11. The quantitative estimate of drug-likeness (QED) is 0.789. The number of carbonyl (C=O) groups excluding carboxylic acids is 1. The molecule has 6 nitrogen and oxygen atoms in total. The molecule has 0 aliphatic heterocycles. The fourth-order valence-corrected chi connectivity index (χ4v) is 3.22. The highest BCUT2D eigenvalue weighted by atomic mass is 32.2. The van der Waals surface area contributed by atoms with E-state index in [-0.39, 0.29) is 23.4 Å². The molecule has 0 bridgehead atoms. The van der Waals surface area contributed by atoms with Crippen molar-refractivity contribution in [3.63, 3.8) is 0 Å². The Hall–Kier alpha value is -2.45. The molecule has 25 heavy (non-hydrogen) atoms. The van der Waals surface area contributed by atoms with Crippen LogP contribution in [0.2, 0.25) is 0 Å². The summed E-state index contributed by atoms with van der Waals surface area (Å²) in [4.78, 5) is 12.0. The minimum Gasteiger partial charge on any atom is -0.484 e. The lowest BCUT2D eigenvalue weighted by Crippen LogP contribution is -2.30. The van der Waals surface area contributed by atoms with Gasteiger partial charge in [0.15, 0.2) is 6.61 Å². The van der Waals surface area contributed by atoms with Crippen molar-refractivity contribution < 1.29 is 22.3 Å². The molecular weight excluding hydrogens is 347 g/mol. The zero-order valence-electron chi connectivity index (χ0n) is 13.8. The summed E-state index contributed by atoms with van der Waals surface area (Å²) in [7, 11) is -3.57. The third-order valence-electron chi connectivity index (χ3n) is 3.02. The van der Waals surface area contributed by atoms with Crippen molar-refractivity contribution >= 4 is 21.6 Å². The molecule has 0 spiro atoms. The number of hydrogen-bond acceptors (Lipinski definition) is 4. The SMILES string of the molecule is CC(C)NS(=O)(=O)c1ccc(NC(=O)COc2ccc(F)cc2)cc1. The lowest BCUT2D eigenvalue weighted by atomic mass is 10.3. The number of sulfonamides is 1. The number of amides is 1. The Bertz CT molecular complexity index is 819. The van der Waals surface area contributed by atoms with Gasteiger partial charge in [0.25, 0.3) is 5.91 Å². The molecule has 0 atom stereocenters. The standard InChI is InChI=1S/C17H19FN2O4S/c1-12(2)20-25(22,23)16-9-5-14(6-10-16)19-17(21)11-24-15-7-3-13(18)4-8-15/h3-10,12,20H,11H2,1-2H3,(H,19,21). The van der Waals surface area contributed by atoms with Crippen LogP contribution in [0.15, 0.2) is 53.4 Å². The molecule has 0 aliphatic carbocycles. The van der Waals surface area contributed by atoms with Gasteiger partial charge in [-0.25, -0.2) is 17.5 Å². The van der Waals surface area contributed by atoms with Gasteiger partial charge in [-0.3, -0.25) is 4.79 Å². The van der Waals surface area contributed by atoms with Crippen LogP contribution in [-0.4, -0.2) is 27.0 Å². The number of benzene rings is 2. The van der Waals surface area contributed by atoms with Gasteiger partial charge < -0.3 is 10.1 Å². The van der Waals surface area contributed by atoms with Gasteiger partial charge in [-0.15, -0.1) is 0 Å². The van der Waals surface area contributed by atoms with Gasteiger partial charge in [-0.2, -0.15) is 0 Å². The van der Waals surface area contributed by atoms with Gasteiger partial charge in [0.2, 0.25) is 10.0 Å². The topological polar surface area (TPSA) is 84.5 Å². The number of halogens is 1. The Kier molecular flexibility index (Phi) is 6.11. The van der Waals surface area contributed by atoms with Crippen LogP contribution < -0.4 is 14.8 Å². The monoisotopic (exact) mass is 366 g/mol. The molecule has 2 aromatic rings. The molecule has 1 amide bonds. The van der Waals surface area contributed by atoms with Gasteiger partial charge in [-0.1, -0.05) is 0 Å². The number of hydrogen-bond donors (Lipinski definition) is 2. The Morgan fingerprint density at radius 2 is 1.68 bits per heavy atom. The second kappa shape index (κ2) is 8.09. The molecule has 2 rings (SSSR count). The van der Waals surface area contributed by atoms with Crippen molar-refractivity contribution in [2.45, 2.75) is 24.8 Å².